The number of alkyl halides is 2. The van der Waals surface area contributed by atoms with Crippen molar-refractivity contribution < 1.29 is 23.4 Å². The number of nitrogens with zero attached hydrogens (tertiary/aromatic N) is 4. The number of rotatable bonds is 6. The van der Waals surface area contributed by atoms with E-state index in [9.17, 15) is 18.7 Å². The molecule has 0 unspecified atom stereocenters. The number of ether oxygens (including phenoxy) is 2. The van der Waals surface area contributed by atoms with Gasteiger partial charge < -0.3 is 14.6 Å². The highest BCUT2D eigenvalue weighted by atomic mass is 35.5. The molecule has 0 aliphatic carbocycles. The van der Waals surface area contributed by atoms with Crippen LogP contribution in [0.5, 0.6) is 17.2 Å². The van der Waals surface area contributed by atoms with Crippen LogP contribution in [0.1, 0.15) is 5.56 Å². The Balaban J connectivity index is 2.03. The van der Waals surface area contributed by atoms with Gasteiger partial charge in [0.25, 0.3) is 0 Å². The lowest BCUT2D eigenvalue weighted by molar-refractivity contribution is -0.0508. The molecule has 1 heterocycles. The zero-order valence-corrected chi connectivity index (χ0v) is 15.7. The van der Waals surface area contributed by atoms with Gasteiger partial charge in [0.2, 0.25) is 0 Å². The van der Waals surface area contributed by atoms with Crippen LogP contribution in [-0.2, 0) is 13.7 Å². The minimum Gasteiger partial charge on any atom is -0.506 e. The van der Waals surface area contributed by atoms with Gasteiger partial charge in [-0.05, 0) is 22.6 Å². The number of halogens is 4. The summed E-state index contributed by atoms with van der Waals surface area (Å²) >= 11 is 11.8. The van der Waals surface area contributed by atoms with Crippen LogP contribution in [0.4, 0.5) is 8.78 Å². The minimum absolute atomic E-state index is 0.0121. The standard InChI is InChI=1S/C16H12Cl2F2N4O4/c1-23-16(26)24(22-21-23)11-3-2-4-13(28-15(19)20)8(11)7-27-14-6-9(17)12(25)5-10(14)18/h2-6,15,25H,7H2,1H3. The first-order valence-corrected chi connectivity index (χ1v) is 8.40. The van der Waals surface area contributed by atoms with Crippen molar-refractivity contribution in [2.75, 3.05) is 0 Å². The normalized spacial score (nSPS) is 11.1. The second-order valence-corrected chi connectivity index (χ2v) is 6.27. The van der Waals surface area contributed by atoms with E-state index in [0.717, 1.165) is 9.36 Å². The summed E-state index contributed by atoms with van der Waals surface area (Å²) in [4.78, 5) is 12.2. The van der Waals surface area contributed by atoms with Crippen molar-refractivity contribution >= 4 is 23.2 Å². The Hall–Kier alpha value is -2.85. The topological polar surface area (TPSA) is 91.4 Å². The van der Waals surface area contributed by atoms with Gasteiger partial charge in [-0.3, -0.25) is 0 Å². The van der Waals surface area contributed by atoms with E-state index in [0.29, 0.717) is 0 Å². The summed E-state index contributed by atoms with van der Waals surface area (Å²) in [6.45, 7) is -3.42. The Morgan fingerprint density at radius 2 is 1.93 bits per heavy atom. The Labute approximate surface area is 166 Å². The highest BCUT2D eigenvalue weighted by Crippen LogP contribution is 2.36. The van der Waals surface area contributed by atoms with Crippen LogP contribution in [0.15, 0.2) is 35.1 Å². The van der Waals surface area contributed by atoms with Gasteiger partial charge in [-0.15, -0.1) is 0 Å². The smallest absolute Gasteiger partial charge is 0.387 e. The van der Waals surface area contributed by atoms with Crippen LogP contribution in [0, 0.1) is 0 Å². The first-order chi connectivity index (χ1) is 13.3. The van der Waals surface area contributed by atoms with Gasteiger partial charge in [0.15, 0.2) is 0 Å². The Kier molecular flexibility index (Phi) is 5.71. The summed E-state index contributed by atoms with van der Waals surface area (Å²) in [5.41, 5.74) is -0.357. The molecule has 12 heteroatoms. The second kappa shape index (κ2) is 8.03. The molecule has 0 atom stereocenters. The summed E-state index contributed by atoms with van der Waals surface area (Å²) in [5, 5.41) is 16.9. The van der Waals surface area contributed by atoms with Crippen LogP contribution in [0.2, 0.25) is 10.0 Å². The fraction of sp³-hybridized carbons (Fsp3) is 0.188. The number of benzene rings is 2. The van der Waals surface area contributed by atoms with E-state index in [1.54, 1.807) is 0 Å². The van der Waals surface area contributed by atoms with Crippen molar-refractivity contribution in [3.63, 3.8) is 0 Å². The molecule has 8 nitrogen and oxygen atoms in total. The molecule has 3 rings (SSSR count). The van der Waals surface area contributed by atoms with E-state index in [1.807, 2.05) is 0 Å². The average molecular weight is 433 g/mol. The van der Waals surface area contributed by atoms with Crippen molar-refractivity contribution in [2.24, 2.45) is 7.05 Å². The van der Waals surface area contributed by atoms with Gasteiger partial charge in [0, 0.05) is 19.2 Å². The summed E-state index contributed by atoms with van der Waals surface area (Å²) in [6, 6.07) is 6.63. The highest BCUT2D eigenvalue weighted by molar-refractivity contribution is 6.35. The molecule has 0 radical (unpaired) electrons. The molecule has 0 amide bonds. The zero-order chi connectivity index (χ0) is 20.4. The maximum absolute atomic E-state index is 12.8. The van der Waals surface area contributed by atoms with Crippen molar-refractivity contribution in [1.29, 1.82) is 0 Å². The monoisotopic (exact) mass is 432 g/mol. The number of hydrogen-bond acceptors (Lipinski definition) is 6. The zero-order valence-electron chi connectivity index (χ0n) is 14.1. The van der Waals surface area contributed by atoms with Gasteiger partial charge in [-0.1, -0.05) is 29.3 Å². The molecule has 0 saturated heterocycles. The lowest BCUT2D eigenvalue weighted by Crippen LogP contribution is -2.23. The predicted octanol–water partition coefficient (Wildman–Crippen LogP) is 3.16. The fourth-order valence-electron chi connectivity index (χ4n) is 2.35. The third kappa shape index (κ3) is 4.02. The molecule has 2 aromatic carbocycles. The fourth-order valence-corrected chi connectivity index (χ4v) is 2.71. The maximum Gasteiger partial charge on any atom is 0.387 e. The quantitative estimate of drug-likeness (QED) is 0.643. The van der Waals surface area contributed by atoms with Gasteiger partial charge >= 0.3 is 12.3 Å². The Morgan fingerprint density at radius 3 is 2.57 bits per heavy atom. The third-order valence-electron chi connectivity index (χ3n) is 3.65. The molecular weight excluding hydrogens is 421 g/mol. The SMILES string of the molecule is Cn1nnn(-c2cccc(OC(F)F)c2COc2cc(Cl)c(O)cc2Cl)c1=O. The molecule has 0 aliphatic heterocycles. The maximum atomic E-state index is 12.8. The molecule has 1 N–H and O–H groups in total. The van der Waals surface area contributed by atoms with Gasteiger partial charge in [0.1, 0.15) is 23.9 Å². The van der Waals surface area contributed by atoms with Crippen LogP contribution in [0.3, 0.4) is 0 Å². The van der Waals surface area contributed by atoms with E-state index in [2.05, 4.69) is 15.2 Å². The van der Waals surface area contributed by atoms with Crippen LogP contribution < -0.4 is 15.2 Å². The molecule has 148 valence electrons. The first-order valence-electron chi connectivity index (χ1n) is 7.65. The number of aromatic nitrogens is 4. The molecule has 3 aromatic rings. The van der Waals surface area contributed by atoms with E-state index < -0.39 is 12.3 Å². The lowest BCUT2D eigenvalue weighted by atomic mass is 10.1. The number of aromatic hydroxyl groups is 1. The van der Waals surface area contributed by atoms with Crippen molar-refractivity contribution in [3.8, 4) is 22.9 Å². The summed E-state index contributed by atoms with van der Waals surface area (Å²) in [5.74, 6) is -0.368. The molecule has 0 saturated carbocycles. The van der Waals surface area contributed by atoms with E-state index in [-0.39, 0.29) is 45.2 Å². The minimum atomic E-state index is -3.10. The van der Waals surface area contributed by atoms with E-state index in [1.165, 1.54) is 37.4 Å². The lowest BCUT2D eigenvalue weighted by Gasteiger charge is -2.16. The average Bonchev–Trinajstić information content (AvgIpc) is 2.96. The number of phenols is 1. The molecule has 0 spiro atoms. The Bertz CT molecular complexity index is 1070. The second-order valence-electron chi connectivity index (χ2n) is 5.45. The molecule has 0 fully saturated rings. The van der Waals surface area contributed by atoms with Crippen LogP contribution in [0.25, 0.3) is 5.69 Å². The van der Waals surface area contributed by atoms with Gasteiger partial charge in [-0.2, -0.15) is 18.1 Å². The van der Waals surface area contributed by atoms with E-state index in [4.69, 9.17) is 27.9 Å². The number of tetrazole rings is 1. The van der Waals surface area contributed by atoms with Crippen molar-refractivity contribution in [3.05, 3.63) is 56.4 Å². The number of hydrogen-bond donors (Lipinski definition) is 1. The predicted molar refractivity (Wildman–Crippen MR) is 95.7 cm³/mol. The Morgan fingerprint density at radius 1 is 1.18 bits per heavy atom. The number of phenolic OH excluding ortho intramolecular Hbond substituents is 1. The van der Waals surface area contributed by atoms with Crippen LogP contribution in [-0.4, -0.2) is 31.5 Å². The molecule has 1 aromatic heterocycles. The highest BCUT2D eigenvalue weighted by Gasteiger charge is 2.19. The molecule has 0 aliphatic rings. The summed E-state index contributed by atoms with van der Waals surface area (Å²) in [6.07, 6.45) is 0. The molecule has 28 heavy (non-hydrogen) atoms. The largest absolute Gasteiger partial charge is 0.506 e. The number of aryl methyl sites for hydroxylation is 1. The van der Waals surface area contributed by atoms with Crippen molar-refractivity contribution in [1.82, 2.24) is 19.8 Å². The van der Waals surface area contributed by atoms with Gasteiger partial charge in [0.05, 0.1) is 21.3 Å². The third-order valence-corrected chi connectivity index (χ3v) is 4.25. The summed E-state index contributed by atoms with van der Waals surface area (Å²) < 4.78 is 37.6. The molecular formula is C16H12Cl2F2N4O4. The summed E-state index contributed by atoms with van der Waals surface area (Å²) in [7, 11) is 1.39. The van der Waals surface area contributed by atoms with E-state index >= 15 is 0 Å². The molecule has 0 bridgehead atoms. The van der Waals surface area contributed by atoms with Gasteiger partial charge in [-0.25, -0.2) is 4.79 Å². The first kappa shape index (κ1) is 19.9. The van der Waals surface area contributed by atoms with Crippen LogP contribution >= 0.6 is 23.2 Å². The van der Waals surface area contributed by atoms with Crippen molar-refractivity contribution in [2.45, 2.75) is 13.2 Å².